The highest BCUT2D eigenvalue weighted by Crippen LogP contribution is 2.42. The molecular formula is C22H28N4OS. The molecule has 5 rings (SSSR count). The number of aromatic nitrogens is 3. The van der Waals surface area contributed by atoms with Crippen molar-refractivity contribution in [3.05, 3.63) is 23.1 Å². The zero-order valence-electron chi connectivity index (χ0n) is 17.0. The van der Waals surface area contributed by atoms with E-state index in [-0.39, 0.29) is 5.60 Å². The van der Waals surface area contributed by atoms with Gasteiger partial charge >= 0.3 is 0 Å². The van der Waals surface area contributed by atoms with Gasteiger partial charge in [0.2, 0.25) is 0 Å². The van der Waals surface area contributed by atoms with Crippen molar-refractivity contribution in [2.75, 3.05) is 5.32 Å². The maximum absolute atomic E-state index is 6.11. The number of nitrogens with one attached hydrogen (secondary N) is 1. The fourth-order valence-corrected chi connectivity index (χ4v) is 5.84. The first-order valence-electron chi connectivity index (χ1n) is 10.5. The van der Waals surface area contributed by atoms with Gasteiger partial charge in [0, 0.05) is 29.1 Å². The molecule has 3 aromatic rings. The van der Waals surface area contributed by atoms with Gasteiger partial charge in [-0.2, -0.15) is 0 Å². The molecule has 1 aliphatic heterocycles. The number of rotatable bonds is 3. The molecule has 0 bridgehead atoms. The lowest BCUT2D eigenvalue weighted by atomic mass is 9.89. The van der Waals surface area contributed by atoms with Crippen LogP contribution in [0.3, 0.4) is 0 Å². The highest BCUT2D eigenvalue weighted by molar-refractivity contribution is 7.26. The molecule has 1 fully saturated rings. The molecule has 4 heterocycles. The van der Waals surface area contributed by atoms with Gasteiger partial charge in [0.05, 0.1) is 22.4 Å². The summed E-state index contributed by atoms with van der Waals surface area (Å²) in [6, 6.07) is 0.525. The van der Waals surface area contributed by atoms with Crippen LogP contribution in [-0.2, 0) is 24.2 Å². The summed E-state index contributed by atoms with van der Waals surface area (Å²) in [6.07, 6.45) is 9.97. The largest absolute Gasteiger partial charge is 0.370 e. The summed E-state index contributed by atoms with van der Waals surface area (Å²) >= 11 is 1.74. The molecule has 0 unspecified atom stereocenters. The summed E-state index contributed by atoms with van der Waals surface area (Å²) in [5.41, 5.74) is 4.72. The number of pyridine rings is 1. The first-order chi connectivity index (χ1) is 13.6. The average Bonchev–Trinajstić information content (AvgIpc) is 3.07. The van der Waals surface area contributed by atoms with Crippen LogP contribution >= 0.6 is 11.3 Å². The minimum atomic E-state index is -0.156. The molecule has 2 aliphatic rings. The Hall–Kier alpha value is -1.79. The van der Waals surface area contributed by atoms with Crippen molar-refractivity contribution < 1.29 is 4.74 Å². The summed E-state index contributed by atoms with van der Waals surface area (Å²) in [7, 11) is 0. The number of ether oxygens (including phenoxy) is 1. The smallest absolute Gasteiger partial charge is 0.147 e. The second-order valence-corrected chi connectivity index (χ2v) is 9.75. The molecule has 0 atom stereocenters. The Kier molecular flexibility index (Phi) is 4.51. The molecular weight excluding hydrogens is 368 g/mol. The molecule has 6 heteroatoms. The maximum Gasteiger partial charge on any atom is 0.147 e. The van der Waals surface area contributed by atoms with Crippen LogP contribution in [0.25, 0.3) is 20.4 Å². The van der Waals surface area contributed by atoms with E-state index in [1.165, 1.54) is 54.3 Å². The average molecular weight is 397 g/mol. The zero-order chi connectivity index (χ0) is 19.3. The Morgan fingerprint density at radius 1 is 1.18 bits per heavy atom. The van der Waals surface area contributed by atoms with E-state index >= 15 is 0 Å². The van der Waals surface area contributed by atoms with Gasteiger partial charge in [-0.25, -0.2) is 15.0 Å². The summed E-state index contributed by atoms with van der Waals surface area (Å²) in [5, 5.41) is 4.94. The predicted octanol–water partition coefficient (Wildman–Crippen LogP) is 5.40. The number of hydrogen-bond donors (Lipinski definition) is 1. The molecule has 0 amide bonds. The molecule has 0 aromatic carbocycles. The number of hydrogen-bond acceptors (Lipinski definition) is 6. The predicted molar refractivity (Wildman–Crippen MR) is 115 cm³/mol. The second-order valence-electron chi connectivity index (χ2n) is 8.76. The highest BCUT2D eigenvalue weighted by atomic mass is 32.1. The second kappa shape index (κ2) is 6.92. The Morgan fingerprint density at radius 3 is 2.79 bits per heavy atom. The molecule has 1 saturated carbocycles. The Morgan fingerprint density at radius 2 is 2.00 bits per heavy atom. The summed E-state index contributed by atoms with van der Waals surface area (Å²) in [6.45, 7) is 7.17. The van der Waals surface area contributed by atoms with Crippen LogP contribution in [0.1, 0.15) is 69.7 Å². The summed E-state index contributed by atoms with van der Waals surface area (Å²) in [5.74, 6) is 0.984. The fourth-order valence-electron chi connectivity index (χ4n) is 4.71. The molecule has 1 N–H and O–H groups in total. The van der Waals surface area contributed by atoms with E-state index in [1.807, 2.05) is 0 Å². The normalized spacial score (nSPS) is 19.8. The van der Waals surface area contributed by atoms with Crippen molar-refractivity contribution in [1.29, 1.82) is 0 Å². The van der Waals surface area contributed by atoms with Crippen LogP contribution in [0.5, 0.6) is 0 Å². The van der Waals surface area contributed by atoms with Gasteiger partial charge in [0.1, 0.15) is 17.0 Å². The van der Waals surface area contributed by atoms with E-state index in [0.717, 1.165) is 33.7 Å². The Balaban J connectivity index is 1.69. The molecule has 5 nitrogen and oxygen atoms in total. The Labute approximate surface area is 169 Å². The molecule has 1 aliphatic carbocycles. The minimum Gasteiger partial charge on any atom is -0.370 e. The lowest BCUT2D eigenvalue weighted by Crippen LogP contribution is -2.32. The molecule has 0 radical (unpaired) electrons. The number of nitrogens with zero attached hydrogens (tertiary/aromatic N) is 3. The van der Waals surface area contributed by atoms with Gasteiger partial charge in [-0.3, -0.25) is 0 Å². The number of anilines is 1. The van der Waals surface area contributed by atoms with Gasteiger partial charge in [-0.1, -0.05) is 26.2 Å². The topological polar surface area (TPSA) is 59.9 Å². The molecule has 28 heavy (non-hydrogen) atoms. The monoisotopic (exact) mass is 396 g/mol. The van der Waals surface area contributed by atoms with Gasteiger partial charge in [0.15, 0.2) is 0 Å². The van der Waals surface area contributed by atoms with E-state index < -0.39 is 0 Å². The zero-order valence-corrected chi connectivity index (χ0v) is 17.8. The van der Waals surface area contributed by atoms with E-state index in [0.29, 0.717) is 12.6 Å². The molecule has 148 valence electrons. The summed E-state index contributed by atoms with van der Waals surface area (Å²) in [4.78, 5) is 15.4. The quantitative estimate of drug-likeness (QED) is 0.642. The third kappa shape index (κ3) is 3.07. The first kappa shape index (κ1) is 18.3. The molecule has 3 aromatic heterocycles. The third-order valence-electron chi connectivity index (χ3n) is 6.19. The lowest BCUT2D eigenvalue weighted by Gasteiger charge is -2.33. The van der Waals surface area contributed by atoms with Gasteiger partial charge in [0.25, 0.3) is 0 Å². The van der Waals surface area contributed by atoms with Gasteiger partial charge < -0.3 is 10.1 Å². The standard InChI is InChI=1S/C22H28N4OS/c1-4-16-15-11-27-22(2,3)10-14(15)17-18-19(28-21(17)26-16)20(24-12-23-18)25-13-8-6-5-7-9-13/h12-13H,4-11H2,1-3H3,(H,23,24,25). The van der Waals surface area contributed by atoms with Crippen LogP contribution in [0.4, 0.5) is 5.82 Å². The number of fused-ring (bicyclic) bond motifs is 5. The first-order valence-corrected chi connectivity index (χ1v) is 11.4. The maximum atomic E-state index is 6.11. The molecule has 0 saturated heterocycles. The number of aryl methyl sites for hydroxylation is 1. The van der Waals surface area contributed by atoms with Gasteiger partial charge in [-0.05, 0) is 38.7 Å². The highest BCUT2D eigenvalue weighted by Gasteiger charge is 2.31. The van der Waals surface area contributed by atoms with Crippen LogP contribution < -0.4 is 5.32 Å². The van der Waals surface area contributed by atoms with Crippen molar-refractivity contribution in [2.45, 2.75) is 84.0 Å². The Bertz CT molecular complexity index is 1040. The van der Waals surface area contributed by atoms with E-state index in [1.54, 1.807) is 17.7 Å². The van der Waals surface area contributed by atoms with Crippen LogP contribution in [0, 0.1) is 0 Å². The minimum absolute atomic E-state index is 0.156. The SMILES string of the molecule is CCc1nc2sc3c(NC4CCCCC4)ncnc3c2c2c1COC(C)(C)C2. The van der Waals surface area contributed by atoms with Gasteiger partial charge in [-0.15, -0.1) is 11.3 Å². The van der Waals surface area contributed by atoms with E-state index in [9.17, 15) is 0 Å². The lowest BCUT2D eigenvalue weighted by molar-refractivity contribution is -0.0401. The van der Waals surface area contributed by atoms with Crippen molar-refractivity contribution in [3.63, 3.8) is 0 Å². The number of thiophene rings is 1. The van der Waals surface area contributed by atoms with Crippen LogP contribution in [-0.4, -0.2) is 26.6 Å². The van der Waals surface area contributed by atoms with Crippen molar-refractivity contribution in [1.82, 2.24) is 15.0 Å². The van der Waals surface area contributed by atoms with E-state index in [4.69, 9.17) is 14.7 Å². The summed E-state index contributed by atoms with van der Waals surface area (Å²) < 4.78 is 7.26. The van der Waals surface area contributed by atoms with Crippen molar-refractivity contribution >= 4 is 37.6 Å². The van der Waals surface area contributed by atoms with Crippen LogP contribution in [0.2, 0.25) is 0 Å². The van der Waals surface area contributed by atoms with E-state index in [2.05, 4.69) is 31.1 Å². The van der Waals surface area contributed by atoms with Crippen molar-refractivity contribution in [3.8, 4) is 0 Å². The van der Waals surface area contributed by atoms with Crippen LogP contribution in [0.15, 0.2) is 6.33 Å². The fraction of sp³-hybridized carbons (Fsp3) is 0.591. The third-order valence-corrected chi connectivity index (χ3v) is 7.27. The molecule has 0 spiro atoms. The van der Waals surface area contributed by atoms with Crippen molar-refractivity contribution in [2.24, 2.45) is 0 Å².